The van der Waals surface area contributed by atoms with Crippen LogP contribution >= 0.6 is 12.4 Å². The molecule has 3 rings (SSSR count). The molecule has 7 heteroatoms. The molecule has 2 aliphatic heterocycles. The Kier molecular flexibility index (Phi) is 6.78. The predicted octanol–water partition coefficient (Wildman–Crippen LogP) is 1.51. The van der Waals surface area contributed by atoms with Crippen LogP contribution in [0.2, 0.25) is 0 Å². The molecule has 6 nitrogen and oxygen atoms in total. The molecule has 3 amide bonds. The summed E-state index contributed by atoms with van der Waals surface area (Å²) in [5.41, 5.74) is 7.60. The number of halogens is 1. The Bertz CT molecular complexity index is 675. The van der Waals surface area contributed by atoms with E-state index in [0.29, 0.717) is 24.4 Å². The number of hydrogen-bond acceptors (Lipinski definition) is 4. The summed E-state index contributed by atoms with van der Waals surface area (Å²) in [6.07, 6.45) is 2.82. The molecule has 2 fully saturated rings. The van der Waals surface area contributed by atoms with Crippen molar-refractivity contribution >= 4 is 30.1 Å². The summed E-state index contributed by atoms with van der Waals surface area (Å²) in [7, 11) is 0. The third kappa shape index (κ3) is 4.62. The number of carbonyl (C=O) groups is 3. The van der Waals surface area contributed by atoms with Crippen molar-refractivity contribution < 1.29 is 14.4 Å². The van der Waals surface area contributed by atoms with Crippen LogP contribution in [0, 0.1) is 11.8 Å². The van der Waals surface area contributed by atoms with Crippen molar-refractivity contribution in [3.63, 3.8) is 0 Å². The third-order valence-corrected chi connectivity index (χ3v) is 5.24. The Morgan fingerprint density at radius 2 is 2.00 bits per heavy atom. The Hall–Kier alpha value is -1.92. The van der Waals surface area contributed by atoms with Gasteiger partial charge in [0, 0.05) is 31.1 Å². The standard InChI is InChI=1S/C19H25N3O3.ClH/c1-12(20)15-3-2-8-22(11-15)19(25)14-6-4-13(5-7-14)9-16-10-17(23)21-18(16)24;/h4-7,12,15-16H,2-3,8-11,20H2,1H3,(H,21,23,24);1H. The van der Waals surface area contributed by atoms with Gasteiger partial charge in [0.1, 0.15) is 0 Å². The molecule has 0 bridgehead atoms. The van der Waals surface area contributed by atoms with Crippen molar-refractivity contribution in [3.05, 3.63) is 35.4 Å². The first-order valence-electron chi connectivity index (χ1n) is 8.91. The second-order valence-corrected chi connectivity index (χ2v) is 7.23. The molecule has 0 aliphatic carbocycles. The van der Waals surface area contributed by atoms with Crippen LogP contribution in [-0.4, -0.2) is 41.8 Å². The van der Waals surface area contributed by atoms with Gasteiger partial charge in [-0.25, -0.2) is 0 Å². The molecule has 142 valence electrons. The van der Waals surface area contributed by atoms with Gasteiger partial charge in [-0.3, -0.25) is 19.7 Å². The zero-order valence-electron chi connectivity index (χ0n) is 14.9. The summed E-state index contributed by atoms with van der Waals surface area (Å²) >= 11 is 0. The number of carbonyl (C=O) groups excluding carboxylic acids is 3. The van der Waals surface area contributed by atoms with E-state index < -0.39 is 0 Å². The second-order valence-electron chi connectivity index (χ2n) is 7.23. The number of nitrogens with two attached hydrogens (primary N) is 1. The summed E-state index contributed by atoms with van der Waals surface area (Å²) in [6.45, 7) is 3.48. The normalized spacial score (nSPS) is 24.0. The number of nitrogens with zero attached hydrogens (tertiary/aromatic N) is 1. The molecule has 0 aromatic heterocycles. The summed E-state index contributed by atoms with van der Waals surface area (Å²) in [5, 5.41) is 2.32. The Balaban J connectivity index is 0.00000243. The highest BCUT2D eigenvalue weighted by molar-refractivity contribution is 6.03. The largest absolute Gasteiger partial charge is 0.338 e. The molecule has 2 aliphatic rings. The molecule has 2 saturated heterocycles. The van der Waals surface area contributed by atoms with Crippen LogP contribution in [0.15, 0.2) is 24.3 Å². The molecule has 26 heavy (non-hydrogen) atoms. The molecule has 2 heterocycles. The van der Waals surface area contributed by atoms with Crippen LogP contribution in [0.3, 0.4) is 0 Å². The summed E-state index contributed by atoms with van der Waals surface area (Å²) in [6, 6.07) is 7.45. The van der Waals surface area contributed by atoms with Crippen molar-refractivity contribution in [2.45, 2.75) is 38.6 Å². The molecule has 0 spiro atoms. The number of benzene rings is 1. The molecule has 0 saturated carbocycles. The highest BCUT2D eigenvalue weighted by Crippen LogP contribution is 2.22. The van der Waals surface area contributed by atoms with Crippen LogP contribution in [0.4, 0.5) is 0 Å². The highest BCUT2D eigenvalue weighted by atomic mass is 35.5. The summed E-state index contributed by atoms with van der Waals surface area (Å²) in [4.78, 5) is 37.5. The molecule has 3 atom stereocenters. The van der Waals surface area contributed by atoms with E-state index >= 15 is 0 Å². The Labute approximate surface area is 159 Å². The number of imide groups is 1. The molecular weight excluding hydrogens is 354 g/mol. The third-order valence-electron chi connectivity index (χ3n) is 5.24. The van der Waals surface area contributed by atoms with Gasteiger partial charge < -0.3 is 10.6 Å². The lowest BCUT2D eigenvalue weighted by Crippen LogP contribution is -2.45. The van der Waals surface area contributed by atoms with E-state index in [1.54, 1.807) is 0 Å². The molecule has 0 radical (unpaired) electrons. The number of piperidine rings is 1. The Morgan fingerprint density at radius 1 is 1.31 bits per heavy atom. The zero-order chi connectivity index (χ0) is 18.0. The van der Waals surface area contributed by atoms with E-state index in [-0.39, 0.29) is 48.5 Å². The molecular formula is C19H26ClN3O3. The van der Waals surface area contributed by atoms with Crippen molar-refractivity contribution in [3.8, 4) is 0 Å². The van der Waals surface area contributed by atoms with Crippen LogP contribution in [-0.2, 0) is 16.0 Å². The fourth-order valence-electron chi connectivity index (χ4n) is 3.65. The van der Waals surface area contributed by atoms with E-state index in [1.807, 2.05) is 36.1 Å². The average Bonchev–Trinajstić information content (AvgIpc) is 2.92. The predicted molar refractivity (Wildman–Crippen MR) is 101 cm³/mol. The maximum Gasteiger partial charge on any atom is 0.253 e. The lowest BCUT2D eigenvalue weighted by Gasteiger charge is -2.34. The van der Waals surface area contributed by atoms with Crippen molar-refractivity contribution in [1.29, 1.82) is 0 Å². The van der Waals surface area contributed by atoms with Gasteiger partial charge in [-0.2, -0.15) is 0 Å². The van der Waals surface area contributed by atoms with Crippen LogP contribution in [0.1, 0.15) is 42.1 Å². The molecule has 3 unspecified atom stereocenters. The second kappa shape index (κ2) is 8.64. The van der Waals surface area contributed by atoms with Gasteiger partial charge in [-0.1, -0.05) is 12.1 Å². The maximum absolute atomic E-state index is 12.7. The first kappa shape index (κ1) is 20.4. The fourth-order valence-corrected chi connectivity index (χ4v) is 3.65. The number of likely N-dealkylation sites (tertiary alicyclic amines) is 1. The van der Waals surface area contributed by atoms with E-state index in [0.717, 1.165) is 24.9 Å². The lowest BCUT2D eigenvalue weighted by molar-refractivity contribution is -0.125. The quantitative estimate of drug-likeness (QED) is 0.775. The molecule has 1 aromatic carbocycles. The SMILES string of the molecule is CC(N)C1CCCN(C(=O)c2ccc(CC3CC(=O)NC3=O)cc2)C1.Cl. The van der Waals surface area contributed by atoms with E-state index in [4.69, 9.17) is 5.73 Å². The topological polar surface area (TPSA) is 92.5 Å². The lowest BCUT2D eigenvalue weighted by atomic mass is 9.91. The average molecular weight is 380 g/mol. The van der Waals surface area contributed by atoms with Crippen LogP contribution < -0.4 is 11.1 Å². The maximum atomic E-state index is 12.7. The number of nitrogens with one attached hydrogen (secondary N) is 1. The van der Waals surface area contributed by atoms with Crippen molar-refractivity contribution in [2.75, 3.05) is 13.1 Å². The first-order valence-corrected chi connectivity index (χ1v) is 8.91. The fraction of sp³-hybridized carbons (Fsp3) is 0.526. The smallest absolute Gasteiger partial charge is 0.253 e. The van der Waals surface area contributed by atoms with E-state index in [2.05, 4.69) is 5.32 Å². The van der Waals surface area contributed by atoms with Crippen molar-refractivity contribution in [1.82, 2.24) is 10.2 Å². The van der Waals surface area contributed by atoms with Gasteiger partial charge in [0.15, 0.2) is 0 Å². The van der Waals surface area contributed by atoms with Gasteiger partial charge >= 0.3 is 0 Å². The first-order chi connectivity index (χ1) is 11.9. The number of rotatable bonds is 4. The molecule has 1 aromatic rings. The monoisotopic (exact) mass is 379 g/mol. The Morgan fingerprint density at radius 3 is 2.58 bits per heavy atom. The number of hydrogen-bond donors (Lipinski definition) is 2. The minimum atomic E-state index is -0.303. The van der Waals surface area contributed by atoms with Gasteiger partial charge in [-0.05, 0) is 49.8 Å². The van der Waals surface area contributed by atoms with Crippen molar-refractivity contribution in [2.24, 2.45) is 17.6 Å². The minimum absolute atomic E-state index is 0. The van der Waals surface area contributed by atoms with Crippen LogP contribution in [0.5, 0.6) is 0 Å². The number of amides is 3. The van der Waals surface area contributed by atoms with Gasteiger partial charge in [0.05, 0.1) is 5.92 Å². The van der Waals surface area contributed by atoms with Gasteiger partial charge in [0.25, 0.3) is 5.91 Å². The van der Waals surface area contributed by atoms with Gasteiger partial charge in [-0.15, -0.1) is 12.4 Å². The minimum Gasteiger partial charge on any atom is -0.338 e. The van der Waals surface area contributed by atoms with Crippen LogP contribution in [0.25, 0.3) is 0 Å². The van der Waals surface area contributed by atoms with Gasteiger partial charge in [0.2, 0.25) is 11.8 Å². The van der Waals surface area contributed by atoms with E-state index in [9.17, 15) is 14.4 Å². The zero-order valence-corrected chi connectivity index (χ0v) is 15.8. The highest BCUT2D eigenvalue weighted by Gasteiger charge is 2.30. The summed E-state index contributed by atoms with van der Waals surface area (Å²) < 4.78 is 0. The molecule has 3 N–H and O–H groups in total. The van der Waals surface area contributed by atoms with E-state index in [1.165, 1.54) is 0 Å². The summed E-state index contributed by atoms with van der Waals surface area (Å²) in [5.74, 6) is -0.333.